The van der Waals surface area contributed by atoms with Crippen LogP contribution in [0.1, 0.15) is 5.56 Å². The third-order valence-electron chi connectivity index (χ3n) is 4.02. The Balaban J connectivity index is 1.69. The Morgan fingerprint density at radius 1 is 1.12 bits per heavy atom. The molecular formula is C20H16N2O3S. The van der Waals surface area contributed by atoms with Crippen molar-refractivity contribution in [3.63, 3.8) is 0 Å². The fourth-order valence-electron chi connectivity index (χ4n) is 2.62. The van der Waals surface area contributed by atoms with Crippen LogP contribution in [0.5, 0.6) is 5.75 Å². The van der Waals surface area contributed by atoms with Gasteiger partial charge in [0.25, 0.3) is 0 Å². The number of methoxy groups -OCH3 is 1. The molecule has 2 aromatic heterocycles. The summed E-state index contributed by atoms with van der Waals surface area (Å²) in [4.78, 5) is 16.9. The summed E-state index contributed by atoms with van der Waals surface area (Å²) in [5, 5.41) is 6.60. The highest BCUT2D eigenvalue weighted by atomic mass is 32.1. The summed E-state index contributed by atoms with van der Waals surface area (Å²) >= 11 is 1.44. The van der Waals surface area contributed by atoms with E-state index in [1.807, 2.05) is 42.6 Å². The summed E-state index contributed by atoms with van der Waals surface area (Å²) in [7, 11) is 1.60. The Morgan fingerprint density at radius 3 is 2.69 bits per heavy atom. The van der Waals surface area contributed by atoms with Crippen molar-refractivity contribution in [2.24, 2.45) is 0 Å². The number of aromatic nitrogens is 1. The first-order valence-corrected chi connectivity index (χ1v) is 8.92. The molecular weight excluding hydrogens is 348 g/mol. The van der Waals surface area contributed by atoms with E-state index in [4.69, 9.17) is 9.15 Å². The zero-order valence-corrected chi connectivity index (χ0v) is 15.1. The second-order valence-corrected chi connectivity index (χ2v) is 6.74. The Labute approximate surface area is 153 Å². The number of ether oxygens (including phenoxy) is 1. The van der Waals surface area contributed by atoms with Crippen molar-refractivity contribution in [1.29, 1.82) is 0 Å². The molecule has 6 heteroatoms. The SMILES string of the molecule is COc1ccc2oc(=O)c(-c3csc(Nc4ccc(C)cc4)n3)cc2c1. The lowest BCUT2D eigenvalue weighted by atomic mass is 10.1. The normalized spacial score (nSPS) is 10.8. The molecule has 0 fully saturated rings. The summed E-state index contributed by atoms with van der Waals surface area (Å²) in [6, 6.07) is 15.2. The lowest BCUT2D eigenvalue weighted by Crippen LogP contribution is -2.03. The van der Waals surface area contributed by atoms with Crippen LogP contribution in [-0.4, -0.2) is 12.1 Å². The molecule has 0 aliphatic heterocycles. The van der Waals surface area contributed by atoms with E-state index in [0.29, 0.717) is 27.7 Å². The average molecular weight is 364 g/mol. The molecule has 130 valence electrons. The minimum Gasteiger partial charge on any atom is -0.497 e. The zero-order chi connectivity index (χ0) is 18.1. The molecule has 0 atom stereocenters. The molecule has 0 aliphatic carbocycles. The number of anilines is 2. The van der Waals surface area contributed by atoms with Gasteiger partial charge in [0.05, 0.1) is 18.4 Å². The Bertz CT molecular complexity index is 1130. The van der Waals surface area contributed by atoms with Crippen LogP contribution >= 0.6 is 11.3 Å². The van der Waals surface area contributed by atoms with Gasteiger partial charge in [-0.25, -0.2) is 9.78 Å². The number of hydrogen-bond acceptors (Lipinski definition) is 6. The van der Waals surface area contributed by atoms with Gasteiger partial charge in [-0.2, -0.15) is 0 Å². The first-order chi connectivity index (χ1) is 12.6. The van der Waals surface area contributed by atoms with Gasteiger partial charge in [0, 0.05) is 16.5 Å². The van der Waals surface area contributed by atoms with E-state index >= 15 is 0 Å². The summed E-state index contributed by atoms with van der Waals surface area (Å²) < 4.78 is 10.7. The minimum absolute atomic E-state index is 0.408. The maximum atomic E-state index is 12.3. The third-order valence-corrected chi connectivity index (χ3v) is 4.78. The Kier molecular flexibility index (Phi) is 4.18. The molecule has 5 nitrogen and oxygen atoms in total. The number of nitrogens with one attached hydrogen (secondary N) is 1. The molecule has 2 aromatic carbocycles. The highest BCUT2D eigenvalue weighted by Crippen LogP contribution is 2.28. The predicted molar refractivity (Wildman–Crippen MR) is 105 cm³/mol. The van der Waals surface area contributed by atoms with Crippen molar-refractivity contribution in [1.82, 2.24) is 4.98 Å². The molecule has 0 aliphatic rings. The monoisotopic (exact) mass is 364 g/mol. The van der Waals surface area contributed by atoms with Crippen molar-refractivity contribution >= 4 is 33.1 Å². The topological polar surface area (TPSA) is 64.4 Å². The highest BCUT2D eigenvalue weighted by molar-refractivity contribution is 7.14. The van der Waals surface area contributed by atoms with E-state index in [1.165, 1.54) is 16.9 Å². The zero-order valence-electron chi connectivity index (χ0n) is 14.3. The molecule has 0 amide bonds. The first-order valence-electron chi connectivity index (χ1n) is 8.04. The smallest absolute Gasteiger partial charge is 0.345 e. The molecule has 1 N–H and O–H groups in total. The Morgan fingerprint density at radius 2 is 1.92 bits per heavy atom. The summed E-state index contributed by atoms with van der Waals surface area (Å²) in [6.45, 7) is 2.04. The quantitative estimate of drug-likeness (QED) is 0.518. The van der Waals surface area contributed by atoms with Crippen LogP contribution in [0, 0.1) is 6.92 Å². The number of hydrogen-bond donors (Lipinski definition) is 1. The Hall–Kier alpha value is -3.12. The van der Waals surface area contributed by atoms with E-state index in [1.54, 1.807) is 25.3 Å². The summed E-state index contributed by atoms with van der Waals surface area (Å²) in [5.41, 5.74) is 3.27. The van der Waals surface area contributed by atoms with Gasteiger partial charge in [-0.1, -0.05) is 17.7 Å². The van der Waals surface area contributed by atoms with Crippen molar-refractivity contribution in [2.45, 2.75) is 6.92 Å². The standard InChI is InChI=1S/C20H16N2O3S/c1-12-3-5-14(6-4-12)21-20-22-17(11-26-20)16-10-13-9-15(24-2)7-8-18(13)25-19(16)23/h3-11H,1-2H3,(H,21,22). The maximum absolute atomic E-state index is 12.3. The number of nitrogens with zero attached hydrogens (tertiary/aromatic N) is 1. The van der Waals surface area contributed by atoms with Crippen molar-refractivity contribution in [3.8, 4) is 17.0 Å². The molecule has 4 aromatic rings. The fraction of sp³-hybridized carbons (Fsp3) is 0.100. The van der Waals surface area contributed by atoms with Crippen molar-refractivity contribution in [2.75, 3.05) is 12.4 Å². The minimum atomic E-state index is -0.408. The fourth-order valence-corrected chi connectivity index (χ4v) is 3.35. The first kappa shape index (κ1) is 16.4. The van der Waals surface area contributed by atoms with Gasteiger partial charge in [0.15, 0.2) is 5.13 Å². The van der Waals surface area contributed by atoms with E-state index in [0.717, 1.165) is 11.1 Å². The van der Waals surface area contributed by atoms with Gasteiger partial charge in [-0.3, -0.25) is 0 Å². The van der Waals surface area contributed by atoms with Crippen LogP contribution in [0.2, 0.25) is 0 Å². The molecule has 26 heavy (non-hydrogen) atoms. The molecule has 0 radical (unpaired) electrons. The van der Waals surface area contributed by atoms with Crippen LogP contribution in [0.3, 0.4) is 0 Å². The number of fused-ring (bicyclic) bond motifs is 1. The maximum Gasteiger partial charge on any atom is 0.345 e. The van der Waals surface area contributed by atoms with Gasteiger partial charge in [-0.15, -0.1) is 11.3 Å². The molecule has 2 heterocycles. The molecule has 0 saturated heterocycles. The third kappa shape index (κ3) is 3.19. The molecule has 0 spiro atoms. The van der Waals surface area contributed by atoms with Gasteiger partial charge in [-0.05, 0) is 43.3 Å². The van der Waals surface area contributed by atoms with Crippen LogP contribution in [0.25, 0.3) is 22.2 Å². The van der Waals surface area contributed by atoms with Crippen LogP contribution in [0.15, 0.2) is 63.1 Å². The molecule has 0 bridgehead atoms. The lowest BCUT2D eigenvalue weighted by molar-refractivity contribution is 0.415. The molecule has 0 saturated carbocycles. The van der Waals surface area contributed by atoms with Gasteiger partial charge in [0.1, 0.15) is 11.3 Å². The van der Waals surface area contributed by atoms with Gasteiger partial charge < -0.3 is 14.5 Å². The van der Waals surface area contributed by atoms with Crippen molar-refractivity contribution < 1.29 is 9.15 Å². The van der Waals surface area contributed by atoms with Crippen LogP contribution < -0.4 is 15.7 Å². The second-order valence-electron chi connectivity index (χ2n) is 5.88. The van der Waals surface area contributed by atoms with Crippen LogP contribution in [-0.2, 0) is 0 Å². The number of benzene rings is 2. The van der Waals surface area contributed by atoms with E-state index < -0.39 is 5.63 Å². The number of aryl methyl sites for hydroxylation is 1. The van der Waals surface area contributed by atoms with E-state index in [2.05, 4.69) is 10.3 Å². The average Bonchev–Trinajstić information content (AvgIpc) is 3.11. The van der Waals surface area contributed by atoms with Gasteiger partial charge >= 0.3 is 5.63 Å². The molecule has 4 rings (SSSR count). The van der Waals surface area contributed by atoms with Crippen LogP contribution in [0.4, 0.5) is 10.8 Å². The highest BCUT2D eigenvalue weighted by Gasteiger charge is 2.12. The summed E-state index contributed by atoms with van der Waals surface area (Å²) in [5.74, 6) is 0.706. The van der Waals surface area contributed by atoms with E-state index in [-0.39, 0.29) is 0 Å². The predicted octanol–water partition coefficient (Wildman–Crippen LogP) is 4.98. The van der Waals surface area contributed by atoms with Crippen molar-refractivity contribution in [3.05, 3.63) is 69.9 Å². The largest absolute Gasteiger partial charge is 0.497 e. The number of rotatable bonds is 4. The van der Waals surface area contributed by atoms with Gasteiger partial charge in [0.2, 0.25) is 0 Å². The molecule has 0 unspecified atom stereocenters. The number of thiazole rings is 1. The second kappa shape index (κ2) is 6.65. The van der Waals surface area contributed by atoms with E-state index in [9.17, 15) is 4.79 Å². The lowest BCUT2D eigenvalue weighted by Gasteiger charge is -2.03. The summed E-state index contributed by atoms with van der Waals surface area (Å²) in [6.07, 6.45) is 0.